The minimum atomic E-state index is -0.295. The number of aromatic nitrogens is 1. The van der Waals surface area contributed by atoms with Gasteiger partial charge in [0.25, 0.3) is 0 Å². The van der Waals surface area contributed by atoms with Crippen LogP contribution in [-0.2, 0) is 17.6 Å². The molecule has 0 saturated carbocycles. The quantitative estimate of drug-likeness (QED) is 0.827. The lowest BCUT2D eigenvalue weighted by Gasteiger charge is -2.07. The Morgan fingerprint density at radius 3 is 2.83 bits per heavy atom. The molecule has 1 aliphatic rings. The molecule has 94 valence electrons. The highest BCUT2D eigenvalue weighted by atomic mass is 16.5. The van der Waals surface area contributed by atoms with Gasteiger partial charge in [-0.1, -0.05) is 0 Å². The highest BCUT2D eigenvalue weighted by Gasteiger charge is 2.23. The van der Waals surface area contributed by atoms with Crippen LogP contribution in [0.15, 0.2) is 12.1 Å². The number of nitrogens with one attached hydrogen (secondary N) is 1. The van der Waals surface area contributed by atoms with Gasteiger partial charge in [-0.3, -0.25) is 0 Å². The second-order valence-electron chi connectivity index (χ2n) is 4.49. The maximum absolute atomic E-state index is 11.8. The highest BCUT2D eigenvalue weighted by molar-refractivity contribution is 6.07. The third-order valence-corrected chi connectivity index (χ3v) is 3.59. The number of methoxy groups -OCH3 is 2. The highest BCUT2D eigenvalue weighted by Crippen LogP contribution is 2.37. The largest absolute Gasteiger partial charge is 0.495 e. The van der Waals surface area contributed by atoms with E-state index in [0.29, 0.717) is 5.56 Å². The minimum Gasteiger partial charge on any atom is -0.495 e. The van der Waals surface area contributed by atoms with Crippen molar-refractivity contribution in [3.8, 4) is 5.75 Å². The van der Waals surface area contributed by atoms with Crippen LogP contribution in [0.25, 0.3) is 10.9 Å². The fourth-order valence-electron chi connectivity index (χ4n) is 2.78. The van der Waals surface area contributed by atoms with Crippen molar-refractivity contribution >= 4 is 16.9 Å². The number of H-pyrrole nitrogens is 1. The van der Waals surface area contributed by atoms with E-state index in [1.807, 2.05) is 0 Å². The summed E-state index contributed by atoms with van der Waals surface area (Å²) in [6.45, 7) is 0. The average Bonchev–Trinajstić information content (AvgIpc) is 2.97. The number of ether oxygens (including phenoxy) is 2. The molecule has 0 aliphatic heterocycles. The molecule has 2 aromatic rings. The topological polar surface area (TPSA) is 51.3 Å². The molecule has 1 aromatic heterocycles. The Bertz CT molecular complexity index is 627. The molecule has 0 amide bonds. The number of hydrogen-bond donors (Lipinski definition) is 1. The molecule has 0 unspecified atom stereocenters. The smallest absolute Gasteiger partial charge is 0.338 e. The maximum atomic E-state index is 11.8. The molecule has 0 saturated heterocycles. The van der Waals surface area contributed by atoms with Crippen LogP contribution in [0.1, 0.15) is 28.0 Å². The number of carbonyl (C=O) groups is 1. The van der Waals surface area contributed by atoms with Crippen molar-refractivity contribution in [3.63, 3.8) is 0 Å². The first kappa shape index (κ1) is 11.1. The summed E-state index contributed by atoms with van der Waals surface area (Å²) in [5, 5.41) is 0.966. The zero-order valence-corrected chi connectivity index (χ0v) is 10.5. The number of hydrogen-bond acceptors (Lipinski definition) is 3. The van der Waals surface area contributed by atoms with Crippen LogP contribution < -0.4 is 4.74 Å². The SMILES string of the molecule is COC(=O)c1ccc(OC)c2[nH]c3c(c12)CCC3. The molecule has 3 rings (SSSR count). The summed E-state index contributed by atoms with van der Waals surface area (Å²) >= 11 is 0. The summed E-state index contributed by atoms with van der Waals surface area (Å²) in [6, 6.07) is 3.58. The second kappa shape index (κ2) is 4.05. The Hall–Kier alpha value is -1.97. The number of benzene rings is 1. The van der Waals surface area contributed by atoms with Crippen molar-refractivity contribution in [2.75, 3.05) is 14.2 Å². The van der Waals surface area contributed by atoms with Crippen LogP contribution in [0.2, 0.25) is 0 Å². The first-order chi connectivity index (χ1) is 8.76. The lowest BCUT2D eigenvalue weighted by molar-refractivity contribution is 0.0603. The van der Waals surface area contributed by atoms with Crippen LogP contribution in [-0.4, -0.2) is 25.2 Å². The number of esters is 1. The Kier molecular flexibility index (Phi) is 2.51. The van der Waals surface area contributed by atoms with Crippen molar-refractivity contribution in [1.82, 2.24) is 4.98 Å². The van der Waals surface area contributed by atoms with Crippen molar-refractivity contribution in [2.24, 2.45) is 0 Å². The molecular weight excluding hydrogens is 230 g/mol. The zero-order valence-electron chi connectivity index (χ0n) is 10.5. The molecule has 1 heterocycles. The Labute approximate surface area is 105 Å². The summed E-state index contributed by atoms with van der Waals surface area (Å²) in [5.74, 6) is 0.475. The van der Waals surface area contributed by atoms with E-state index in [-0.39, 0.29) is 5.97 Å². The number of fused-ring (bicyclic) bond motifs is 3. The van der Waals surface area contributed by atoms with Crippen LogP contribution in [0.5, 0.6) is 5.75 Å². The molecule has 1 aliphatic carbocycles. The molecule has 0 radical (unpaired) electrons. The predicted octanol–water partition coefficient (Wildman–Crippen LogP) is 2.45. The maximum Gasteiger partial charge on any atom is 0.338 e. The fraction of sp³-hybridized carbons (Fsp3) is 0.357. The third-order valence-electron chi connectivity index (χ3n) is 3.59. The van der Waals surface area contributed by atoms with Gasteiger partial charge in [0, 0.05) is 11.1 Å². The summed E-state index contributed by atoms with van der Waals surface area (Å²) in [7, 11) is 3.05. The van der Waals surface area contributed by atoms with Gasteiger partial charge >= 0.3 is 5.97 Å². The van der Waals surface area contributed by atoms with Gasteiger partial charge in [-0.15, -0.1) is 0 Å². The third kappa shape index (κ3) is 1.41. The van der Waals surface area contributed by atoms with E-state index in [4.69, 9.17) is 9.47 Å². The van der Waals surface area contributed by atoms with Gasteiger partial charge in [0.2, 0.25) is 0 Å². The van der Waals surface area contributed by atoms with Crippen LogP contribution in [0, 0.1) is 0 Å². The van der Waals surface area contributed by atoms with Crippen LogP contribution in [0.3, 0.4) is 0 Å². The number of aromatic amines is 1. The van der Waals surface area contributed by atoms with Gasteiger partial charge in [0.05, 0.1) is 25.3 Å². The van der Waals surface area contributed by atoms with Gasteiger partial charge in [-0.25, -0.2) is 4.79 Å². The van der Waals surface area contributed by atoms with Crippen LogP contribution in [0.4, 0.5) is 0 Å². The van der Waals surface area contributed by atoms with Crippen LogP contribution >= 0.6 is 0 Å². The average molecular weight is 245 g/mol. The normalized spacial score (nSPS) is 13.7. The summed E-state index contributed by atoms with van der Waals surface area (Å²) in [4.78, 5) is 15.2. The molecule has 0 spiro atoms. The lowest BCUT2D eigenvalue weighted by atomic mass is 10.0. The molecule has 4 heteroatoms. The van der Waals surface area contributed by atoms with E-state index in [1.165, 1.54) is 18.4 Å². The van der Waals surface area contributed by atoms with Gasteiger partial charge in [-0.05, 0) is 37.0 Å². The van der Waals surface area contributed by atoms with Crippen molar-refractivity contribution in [2.45, 2.75) is 19.3 Å². The molecule has 4 nitrogen and oxygen atoms in total. The van der Waals surface area contributed by atoms with Crippen molar-refractivity contribution < 1.29 is 14.3 Å². The van der Waals surface area contributed by atoms with E-state index < -0.39 is 0 Å². The van der Waals surface area contributed by atoms with E-state index in [2.05, 4.69) is 4.98 Å². The van der Waals surface area contributed by atoms with Gasteiger partial charge < -0.3 is 14.5 Å². The summed E-state index contributed by atoms with van der Waals surface area (Å²) < 4.78 is 10.2. The Morgan fingerprint density at radius 2 is 2.11 bits per heavy atom. The molecule has 0 fully saturated rings. The first-order valence-corrected chi connectivity index (χ1v) is 6.05. The predicted molar refractivity (Wildman–Crippen MR) is 68.2 cm³/mol. The van der Waals surface area contributed by atoms with Gasteiger partial charge in [-0.2, -0.15) is 0 Å². The Morgan fingerprint density at radius 1 is 1.28 bits per heavy atom. The van der Waals surface area contributed by atoms with E-state index in [0.717, 1.165) is 35.9 Å². The second-order valence-corrected chi connectivity index (χ2v) is 4.49. The molecule has 1 N–H and O–H groups in total. The molecule has 18 heavy (non-hydrogen) atoms. The van der Waals surface area contributed by atoms with Crippen molar-refractivity contribution in [3.05, 3.63) is 29.0 Å². The van der Waals surface area contributed by atoms with E-state index in [9.17, 15) is 4.79 Å². The summed E-state index contributed by atoms with van der Waals surface area (Å²) in [5.41, 5.74) is 3.99. The minimum absolute atomic E-state index is 0.295. The number of carbonyl (C=O) groups excluding carboxylic acids is 1. The molecule has 1 aromatic carbocycles. The zero-order chi connectivity index (χ0) is 12.7. The van der Waals surface area contributed by atoms with Gasteiger partial charge in [0.1, 0.15) is 5.75 Å². The summed E-state index contributed by atoms with van der Waals surface area (Å²) in [6.07, 6.45) is 3.18. The van der Waals surface area contributed by atoms with E-state index in [1.54, 1.807) is 19.2 Å². The molecule has 0 atom stereocenters. The van der Waals surface area contributed by atoms with E-state index >= 15 is 0 Å². The Balaban J connectivity index is 2.35. The molecule has 0 bridgehead atoms. The van der Waals surface area contributed by atoms with Crippen molar-refractivity contribution in [1.29, 1.82) is 0 Å². The van der Waals surface area contributed by atoms with Gasteiger partial charge in [0.15, 0.2) is 0 Å². The fourth-order valence-corrected chi connectivity index (χ4v) is 2.78. The lowest BCUT2D eigenvalue weighted by Crippen LogP contribution is -2.03. The number of aryl methyl sites for hydroxylation is 2. The standard InChI is InChI=1S/C14H15NO3/c1-17-11-7-6-9(14(16)18-2)12-8-4-3-5-10(8)15-13(11)12/h6-7,15H,3-5H2,1-2H3. The first-order valence-electron chi connectivity index (χ1n) is 6.05. The molecular formula is C14H15NO3. The number of rotatable bonds is 2. The monoisotopic (exact) mass is 245 g/mol.